The van der Waals surface area contributed by atoms with E-state index in [4.69, 9.17) is 26.4 Å². The van der Waals surface area contributed by atoms with Crippen molar-refractivity contribution in [1.29, 1.82) is 0 Å². The van der Waals surface area contributed by atoms with E-state index in [1.165, 1.54) is 0 Å². The Bertz CT molecular complexity index is 2220. The molecule has 0 spiro atoms. The highest BCUT2D eigenvalue weighted by Crippen LogP contribution is 2.62. The van der Waals surface area contributed by atoms with E-state index in [0.29, 0.717) is 45.4 Å². The molecule has 2 amide bonds. The van der Waals surface area contributed by atoms with Crippen LogP contribution in [0.3, 0.4) is 0 Å². The number of nitrogens with one attached hydrogen (secondary N) is 1. The van der Waals surface area contributed by atoms with Gasteiger partial charge in [-0.2, -0.15) is 0 Å². The molecule has 0 aromatic heterocycles. The third-order valence-corrected chi connectivity index (χ3v) is 15.3. The van der Waals surface area contributed by atoms with Crippen molar-refractivity contribution in [3.05, 3.63) is 34.3 Å². The maximum absolute atomic E-state index is 13.3. The number of carbonyl (C=O) groups is 7. The van der Waals surface area contributed by atoms with Gasteiger partial charge in [-0.15, -0.1) is 0 Å². The van der Waals surface area contributed by atoms with Crippen LogP contribution in [0.2, 0.25) is 0 Å². The van der Waals surface area contributed by atoms with Crippen LogP contribution in [0.15, 0.2) is 49.3 Å². The number of allylic oxidation sites excluding steroid dienone is 6. The van der Waals surface area contributed by atoms with Gasteiger partial charge in [0, 0.05) is 118 Å². The van der Waals surface area contributed by atoms with Crippen LogP contribution in [0.4, 0.5) is 0 Å². The summed E-state index contributed by atoms with van der Waals surface area (Å²) in [7, 11) is 0. The number of hydrogen-bond acceptors (Lipinski definition) is 11. The molecular formula is C45H62N6O12. The first-order chi connectivity index (χ1) is 29.0. The Balaban J connectivity index is 2.03. The van der Waals surface area contributed by atoms with Crippen LogP contribution in [0.1, 0.15) is 126 Å². The summed E-state index contributed by atoms with van der Waals surface area (Å²) in [5.41, 5.74) is 9.44. The molecule has 5 rings (SSSR count). The third-order valence-electron chi connectivity index (χ3n) is 15.3. The molecule has 344 valence electrons. The fraction of sp³-hybridized carbons (Fsp3) is 0.644. The van der Waals surface area contributed by atoms with E-state index in [1.807, 2.05) is 13.8 Å². The average Bonchev–Trinajstić information content (AvgIpc) is 3.75. The molecule has 0 aliphatic carbocycles. The fourth-order valence-electron chi connectivity index (χ4n) is 11.8. The van der Waals surface area contributed by atoms with Crippen molar-refractivity contribution < 1.29 is 59.1 Å². The molecule has 0 radical (unpaired) electrons. The highest BCUT2D eigenvalue weighted by atomic mass is 16.4. The van der Waals surface area contributed by atoms with Gasteiger partial charge in [-0.25, -0.2) is 0 Å². The summed E-state index contributed by atoms with van der Waals surface area (Å²) in [5.74, 6) is -10.0. The van der Waals surface area contributed by atoms with Crippen molar-refractivity contribution in [2.45, 2.75) is 138 Å². The Hall–Kier alpha value is -5.68. The Labute approximate surface area is 366 Å². The van der Waals surface area contributed by atoms with E-state index >= 15 is 0 Å². The zero-order chi connectivity index (χ0) is 47.4. The molecular weight excluding hydrogens is 817 g/mol. The minimum atomic E-state index is -1.52. The van der Waals surface area contributed by atoms with Crippen molar-refractivity contribution in [2.24, 2.45) is 71.8 Å². The predicted molar refractivity (Wildman–Crippen MR) is 231 cm³/mol. The molecule has 1 saturated heterocycles. The van der Waals surface area contributed by atoms with Gasteiger partial charge in [0.2, 0.25) is 11.8 Å². The first kappa shape index (κ1) is 48.4. The van der Waals surface area contributed by atoms with Gasteiger partial charge in [0.05, 0.1) is 18.0 Å². The minimum absolute atomic E-state index is 0.0433. The second kappa shape index (κ2) is 17.1. The smallest absolute Gasteiger partial charge is 0.303 e. The predicted octanol–water partition coefficient (Wildman–Crippen LogP) is 4.72. The number of carboxylic acids is 5. The number of rotatable bonds is 18. The molecule has 10 N–H and O–H groups in total. The van der Waals surface area contributed by atoms with Crippen LogP contribution in [-0.4, -0.2) is 95.9 Å². The molecule has 5 aliphatic heterocycles. The van der Waals surface area contributed by atoms with E-state index in [0.717, 1.165) is 0 Å². The number of primary amides is 2. The molecule has 18 heteroatoms. The summed E-state index contributed by atoms with van der Waals surface area (Å²) in [6.07, 6.45) is -0.470. The molecule has 8 bridgehead atoms. The molecule has 9 atom stereocenters. The van der Waals surface area contributed by atoms with Crippen LogP contribution in [0.25, 0.3) is 0 Å². The summed E-state index contributed by atoms with van der Waals surface area (Å²) in [5, 5.41) is 54.2. The lowest BCUT2D eigenvalue weighted by atomic mass is 9.55. The number of nitrogens with zero attached hydrogens (tertiary/aromatic N) is 3. The number of fused-ring (bicyclic) bond motifs is 6. The standard InChI is InChI=1S/C45H62N6O12/c1-21-36-24(10-13-32(56)57)41(3,4)28(49-36)18-27-23(9-12-31(54)55)43(6,19-29(46)52)39(48-27)22(2)37-25(11-14-33(58)59)44(7,20-30(47)53)45(8,51-37)40-26(17-35(62)63)42(5,38(21)50-40)16-15-34(60)61/h18,23-26,40,48H,9-17,19-20H2,1-8H3,(H2,46,52)(H2,47,53)(H,54,55)(H,56,57)(H,58,59)(H,60,61)(H,62,63)/t23-,24-,25-,26+,40?,42-,43+,44+,45+/m1/s1. The Morgan fingerprint density at radius 1 is 0.683 bits per heavy atom. The molecule has 1 unspecified atom stereocenters. The lowest BCUT2D eigenvalue weighted by Gasteiger charge is -2.48. The van der Waals surface area contributed by atoms with Gasteiger partial charge in [-0.05, 0) is 63.7 Å². The average molecular weight is 879 g/mol. The van der Waals surface area contributed by atoms with Crippen molar-refractivity contribution in [3.8, 4) is 0 Å². The number of aliphatic imine (C=N–C) groups is 3. The molecule has 63 heavy (non-hydrogen) atoms. The van der Waals surface area contributed by atoms with Gasteiger partial charge in [0.1, 0.15) is 0 Å². The first-order valence-corrected chi connectivity index (χ1v) is 21.4. The van der Waals surface area contributed by atoms with Crippen LogP contribution >= 0.6 is 0 Å². The van der Waals surface area contributed by atoms with Crippen molar-refractivity contribution in [1.82, 2.24) is 5.32 Å². The number of carboxylic acid groups (broad SMARTS) is 5. The van der Waals surface area contributed by atoms with Crippen LogP contribution in [0, 0.1) is 45.3 Å². The van der Waals surface area contributed by atoms with E-state index in [1.54, 1.807) is 47.6 Å². The second-order valence-corrected chi connectivity index (χ2v) is 19.6. The Kier molecular flexibility index (Phi) is 13.1. The quantitative estimate of drug-likeness (QED) is 0.0925. The van der Waals surface area contributed by atoms with E-state index in [-0.39, 0.29) is 64.2 Å². The lowest BCUT2D eigenvalue weighted by molar-refractivity contribution is -0.140. The van der Waals surface area contributed by atoms with E-state index in [2.05, 4.69) is 5.32 Å². The SMILES string of the molecule is CC1=C2N=C(C=C3NC(=C(C)C4=N[C@@](C)(C5N=C1[C@](C)(CCC(=O)O)[C@H]5CC(=O)O)[C@@](C)(CC(N)=O)[C@@H]4CCC(=O)O)[C@@](C)(CC(N)=O)[C@@H]3CCC(=O)O)C(C)(C)[C@@H]2CCC(=O)O. The first-order valence-electron chi connectivity index (χ1n) is 21.4. The lowest BCUT2D eigenvalue weighted by Crippen LogP contribution is -2.55. The van der Waals surface area contributed by atoms with Gasteiger partial charge < -0.3 is 42.3 Å². The van der Waals surface area contributed by atoms with Crippen molar-refractivity contribution in [2.75, 3.05) is 0 Å². The van der Waals surface area contributed by atoms with Crippen molar-refractivity contribution >= 4 is 58.8 Å². The highest BCUT2D eigenvalue weighted by Gasteiger charge is 2.66. The van der Waals surface area contributed by atoms with Crippen LogP contribution < -0.4 is 16.8 Å². The molecule has 5 aliphatic rings. The zero-order valence-electron chi connectivity index (χ0n) is 37.3. The normalized spacial score (nSPS) is 33.0. The fourth-order valence-corrected chi connectivity index (χ4v) is 11.8. The summed E-state index contributed by atoms with van der Waals surface area (Å²) >= 11 is 0. The topological polar surface area (TPSA) is 322 Å². The summed E-state index contributed by atoms with van der Waals surface area (Å²) in [6.45, 7) is 14.4. The van der Waals surface area contributed by atoms with Gasteiger partial charge in [0.25, 0.3) is 0 Å². The maximum atomic E-state index is 13.3. The number of aliphatic carboxylic acids is 5. The number of hydrogen-bond donors (Lipinski definition) is 8. The molecule has 5 heterocycles. The Morgan fingerprint density at radius 3 is 1.71 bits per heavy atom. The summed E-state index contributed by atoms with van der Waals surface area (Å²) in [4.78, 5) is 104. The molecule has 1 fully saturated rings. The number of carbonyl (C=O) groups excluding carboxylic acids is 2. The van der Waals surface area contributed by atoms with Crippen LogP contribution in [0.5, 0.6) is 0 Å². The second-order valence-electron chi connectivity index (χ2n) is 19.6. The molecule has 0 aromatic carbocycles. The van der Waals surface area contributed by atoms with Gasteiger partial charge in [-0.3, -0.25) is 48.5 Å². The highest BCUT2D eigenvalue weighted by molar-refractivity contribution is 6.10. The van der Waals surface area contributed by atoms with Gasteiger partial charge in [-0.1, -0.05) is 34.6 Å². The van der Waals surface area contributed by atoms with E-state index in [9.17, 15) is 59.1 Å². The number of nitrogens with two attached hydrogens (primary N) is 2. The van der Waals surface area contributed by atoms with Crippen molar-refractivity contribution in [3.63, 3.8) is 0 Å². The summed E-state index contributed by atoms with van der Waals surface area (Å²) in [6, 6.07) is -1.07. The zero-order valence-corrected chi connectivity index (χ0v) is 37.3. The monoisotopic (exact) mass is 878 g/mol. The van der Waals surface area contributed by atoms with Gasteiger partial charge >= 0.3 is 29.8 Å². The molecule has 0 aromatic rings. The Morgan fingerprint density at radius 2 is 1.21 bits per heavy atom. The minimum Gasteiger partial charge on any atom is -0.481 e. The number of amides is 2. The molecule has 18 nitrogen and oxygen atoms in total. The van der Waals surface area contributed by atoms with Crippen LogP contribution in [-0.2, 0) is 33.6 Å². The van der Waals surface area contributed by atoms with E-state index < -0.39 is 105 Å². The molecule has 0 saturated carbocycles. The maximum Gasteiger partial charge on any atom is 0.303 e. The third kappa shape index (κ3) is 8.56. The summed E-state index contributed by atoms with van der Waals surface area (Å²) < 4.78 is 0. The van der Waals surface area contributed by atoms with Gasteiger partial charge in [0.15, 0.2) is 0 Å². The largest absolute Gasteiger partial charge is 0.481 e.